The molecule has 0 fully saturated rings. The van der Waals surface area contributed by atoms with Crippen LogP contribution in [0.5, 0.6) is 5.75 Å². The van der Waals surface area contributed by atoms with E-state index in [1.807, 2.05) is 30.3 Å². The van der Waals surface area contributed by atoms with E-state index in [0.717, 1.165) is 17.5 Å². The van der Waals surface area contributed by atoms with Crippen LogP contribution in [0.1, 0.15) is 23.4 Å². The van der Waals surface area contributed by atoms with Crippen molar-refractivity contribution in [1.29, 1.82) is 0 Å². The number of hydrogen-bond acceptors (Lipinski definition) is 3. The first kappa shape index (κ1) is 16.9. The van der Waals surface area contributed by atoms with Gasteiger partial charge in [0.25, 0.3) is 0 Å². The minimum atomic E-state index is -4.52. The summed E-state index contributed by atoms with van der Waals surface area (Å²) in [4.78, 5) is 6.05. The summed E-state index contributed by atoms with van der Waals surface area (Å²) >= 11 is 0. The lowest BCUT2D eigenvalue weighted by Crippen LogP contribution is -2.42. The normalized spacial score (nSPS) is 18.4. The molecule has 0 bridgehead atoms. The predicted molar refractivity (Wildman–Crippen MR) is 92.0 cm³/mol. The van der Waals surface area contributed by atoms with Crippen LogP contribution in [0.4, 0.5) is 13.2 Å². The molecule has 7 heteroatoms. The molecule has 136 valence electrons. The maximum atomic E-state index is 13.0. The molecule has 4 rings (SSSR count). The molecular formula is C19H18F3N3O. The first-order valence-corrected chi connectivity index (χ1v) is 8.47. The number of aromatic nitrogens is 2. The van der Waals surface area contributed by atoms with Gasteiger partial charge in [0.15, 0.2) is 5.75 Å². The molecule has 0 saturated carbocycles. The number of H-pyrrole nitrogens is 1. The Labute approximate surface area is 148 Å². The van der Waals surface area contributed by atoms with Crippen LogP contribution in [0.3, 0.4) is 0 Å². The Morgan fingerprint density at radius 2 is 1.96 bits per heavy atom. The smallest absolute Gasteiger partial charge is 0.449 e. The van der Waals surface area contributed by atoms with Gasteiger partial charge in [-0.1, -0.05) is 36.4 Å². The zero-order valence-electron chi connectivity index (χ0n) is 13.9. The van der Waals surface area contributed by atoms with Gasteiger partial charge < -0.3 is 15.5 Å². The van der Waals surface area contributed by atoms with Gasteiger partial charge in [-0.2, -0.15) is 13.2 Å². The SMILES string of the molecule is NC(Cc1ccccc1)C1CCc2ccc3[nH]c(C(F)(F)F)nc3c2O1. The Kier molecular flexibility index (Phi) is 4.11. The second-order valence-electron chi connectivity index (χ2n) is 6.58. The van der Waals surface area contributed by atoms with Gasteiger partial charge in [0, 0.05) is 6.04 Å². The number of aryl methyl sites for hydroxylation is 1. The van der Waals surface area contributed by atoms with E-state index in [-0.39, 0.29) is 17.7 Å². The first-order chi connectivity index (χ1) is 12.4. The summed E-state index contributed by atoms with van der Waals surface area (Å²) in [5.74, 6) is -0.603. The predicted octanol–water partition coefficient (Wildman–Crippen LogP) is 3.85. The molecule has 1 aromatic heterocycles. The minimum Gasteiger partial charge on any atom is -0.486 e. The average Bonchev–Trinajstić information content (AvgIpc) is 3.07. The molecule has 4 nitrogen and oxygen atoms in total. The lowest BCUT2D eigenvalue weighted by molar-refractivity contribution is -0.144. The summed E-state index contributed by atoms with van der Waals surface area (Å²) in [5, 5.41) is 0. The van der Waals surface area contributed by atoms with E-state index in [1.54, 1.807) is 12.1 Å². The van der Waals surface area contributed by atoms with Crippen molar-refractivity contribution in [1.82, 2.24) is 9.97 Å². The van der Waals surface area contributed by atoms with E-state index in [9.17, 15) is 13.2 Å². The van der Waals surface area contributed by atoms with Crippen LogP contribution in [-0.2, 0) is 19.0 Å². The molecule has 0 amide bonds. The highest BCUT2D eigenvalue weighted by Crippen LogP contribution is 2.37. The van der Waals surface area contributed by atoms with E-state index in [4.69, 9.17) is 10.5 Å². The lowest BCUT2D eigenvalue weighted by Gasteiger charge is -2.30. The Bertz CT molecular complexity index is 921. The Morgan fingerprint density at radius 3 is 2.69 bits per heavy atom. The number of imidazole rings is 1. The second-order valence-corrected chi connectivity index (χ2v) is 6.58. The van der Waals surface area contributed by atoms with Gasteiger partial charge in [-0.05, 0) is 36.5 Å². The van der Waals surface area contributed by atoms with Gasteiger partial charge in [0.1, 0.15) is 11.6 Å². The highest BCUT2D eigenvalue weighted by atomic mass is 19.4. The Balaban J connectivity index is 1.61. The lowest BCUT2D eigenvalue weighted by atomic mass is 9.94. The maximum absolute atomic E-state index is 13.0. The molecule has 0 spiro atoms. The third-order valence-corrected chi connectivity index (χ3v) is 4.72. The van der Waals surface area contributed by atoms with E-state index in [0.29, 0.717) is 24.1 Å². The van der Waals surface area contributed by atoms with Crippen LogP contribution in [0.2, 0.25) is 0 Å². The zero-order valence-corrected chi connectivity index (χ0v) is 13.9. The summed E-state index contributed by atoms with van der Waals surface area (Å²) in [7, 11) is 0. The molecule has 3 aromatic rings. The third-order valence-electron chi connectivity index (χ3n) is 4.72. The summed E-state index contributed by atoms with van der Waals surface area (Å²) < 4.78 is 44.9. The largest absolute Gasteiger partial charge is 0.486 e. The zero-order chi connectivity index (χ0) is 18.3. The molecular weight excluding hydrogens is 343 g/mol. The molecule has 0 saturated heterocycles. The van der Waals surface area contributed by atoms with Gasteiger partial charge >= 0.3 is 6.18 Å². The number of halogens is 3. The Morgan fingerprint density at radius 1 is 1.19 bits per heavy atom. The number of aromatic amines is 1. The molecule has 3 N–H and O–H groups in total. The fourth-order valence-corrected chi connectivity index (χ4v) is 3.38. The van der Waals surface area contributed by atoms with E-state index < -0.39 is 12.0 Å². The highest BCUT2D eigenvalue weighted by Gasteiger charge is 2.36. The number of hydrogen-bond donors (Lipinski definition) is 2. The molecule has 1 aliphatic heterocycles. The standard InChI is InChI=1S/C19H18F3N3O/c20-19(21,22)18-24-14-8-6-12-7-9-15(26-17(12)16(14)25-18)13(23)10-11-4-2-1-3-5-11/h1-6,8,13,15H,7,9-10,23H2,(H,24,25). The highest BCUT2D eigenvalue weighted by molar-refractivity contribution is 5.83. The number of ether oxygens (including phenoxy) is 1. The fourth-order valence-electron chi connectivity index (χ4n) is 3.38. The summed E-state index contributed by atoms with van der Waals surface area (Å²) in [6.07, 6.45) is -2.72. The van der Waals surface area contributed by atoms with Crippen molar-refractivity contribution in [3.05, 3.63) is 59.4 Å². The van der Waals surface area contributed by atoms with Crippen LogP contribution in [0, 0.1) is 0 Å². The van der Waals surface area contributed by atoms with Gasteiger partial charge in [0.05, 0.1) is 5.52 Å². The van der Waals surface area contributed by atoms with Crippen molar-refractivity contribution in [3.63, 3.8) is 0 Å². The van der Waals surface area contributed by atoms with Crippen molar-refractivity contribution in [3.8, 4) is 5.75 Å². The van der Waals surface area contributed by atoms with Gasteiger partial charge in [-0.25, -0.2) is 4.98 Å². The van der Waals surface area contributed by atoms with Crippen molar-refractivity contribution < 1.29 is 17.9 Å². The molecule has 26 heavy (non-hydrogen) atoms. The summed E-state index contributed by atoms with van der Waals surface area (Å²) in [6, 6.07) is 13.0. The van der Waals surface area contributed by atoms with E-state index in [2.05, 4.69) is 9.97 Å². The molecule has 2 aromatic carbocycles. The van der Waals surface area contributed by atoms with Crippen LogP contribution in [0.15, 0.2) is 42.5 Å². The van der Waals surface area contributed by atoms with Crippen LogP contribution >= 0.6 is 0 Å². The van der Waals surface area contributed by atoms with Crippen molar-refractivity contribution in [2.24, 2.45) is 5.73 Å². The molecule has 2 unspecified atom stereocenters. The fraction of sp³-hybridized carbons (Fsp3) is 0.316. The first-order valence-electron chi connectivity index (χ1n) is 8.47. The van der Waals surface area contributed by atoms with Crippen LogP contribution in [0.25, 0.3) is 11.0 Å². The average molecular weight is 361 g/mol. The molecule has 1 aliphatic rings. The molecule has 2 heterocycles. The second kappa shape index (κ2) is 6.32. The monoisotopic (exact) mass is 361 g/mol. The van der Waals surface area contributed by atoms with Crippen LogP contribution < -0.4 is 10.5 Å². The summed E-state index contributed by atoms with van der Waals surface area (Å²) in [5.41, 5.74) is 8.82. The summed E-state index contributed by atoms with van der Waals surface area (Å²) in [6.45, 7) is 0. The van der Waals surface area contributed by atoms with Crippen molar-refractivity contribution in [2.75, 3.05) is 0 Å². The van der Waals surface area contributed by atoms with E-state index >= 15 is 0 Å². The molecule has 0 aliphatic carbocycles. The van der Waals surface area contributed by atoms with Crippen LogP contribution in [-0.4, -0.2) is 22.1 Å². The van der Waals surface area contributed by atoms with Gasteiger partial charge in [-0.15, -0.1) is 0 Å². The number of alkyl halides is 3. The topological polar surface area (TPSA) is 63.9 Å². The van der Waals surface area contributed by atoms with Gasteiger partial charge in [-0.3, -0.25) is 0 Å². The molecule has 2 atom stereocenters. The number of nitrogens with two attached hydrogens (primary N) is 1. The third kappa shape index (κ3) is 3.14. The number of benzene rings is 2. The molecule has 0 radical (unpaired) electrons. The maximum Gasteiger partial charge on any atom is 0.449 e. The Hall–Kier alpha value is -2.54. The minimum absolute atomic E-state index is 0.214. The number of nitrogens with zero attached hydrogens (tertiary/aromatic N) is 1. The van der Waals surface area contributed by atoms with Crippen molar-refractivity contribution >= 4 is 11.0 Å². The number of fused-ring (bicyclic) bond motifs is 3. The number of nitrogens with one attached hydrogen (secondary N) is 1. The van der Waals surface area contributed by atoms with Gasteiger partial charge in [0.2, 0.25) is 5.82 Å². The number of rotatable bonds is 3. The van der Waals surface area contributed by atoms with Crippen molar-refractivity contribution in [2.45, 2.75) is 37.6 Å². The van der Waals surface area contributed by atoms with E-state index in [1.165, 1.54) is 0 Å². The quantitative estimate of drug-likeness (QED) is 0.745.